The molecule has 0 bridgehead atoms. The minimum absolute atomic E-state index is 0.0920. The third-order valence-corrected chi connectivity index (χ3v) is 6.00. The van der Waals surface area contributed by atoms with E-state index in [0.717, 1.165) is 11.3 Å². The predicted octanol–water partition coefficient (Wildman–Crippen LogP) is 1.39. The van der Waals surface area contributed by atoms with Gasteiger partial charge in [0.25, 0.3) is 0 Å². The van der Waals surface area contributed by atoms with Crippen LogP contribution < -0.4 is 10.6 Å². The molecule has 1 heterocycles. The van der Waals surface area contributed by atoms with E-state index >= 15 is 0 Å². The van der Waals surface area contributed by atoms with Gasteiger partial charge in [0, 0.05) is 13.1 Å². The zero-order chi connectivity index (χ0) is 18.2. The molecule has 0 spiro atoms. The van der Waals surface area contributed by atoms with E-state index < -0.39 is 34.3 Å². The molecular formula is C13H20F3N3O3S2. The van der Waals surface area contributed by atoms with Gasteiger partial charge < -0.3 is 15.7 Å². The van der Waals surface area contributed by atoms with E-state index in [2.05, 4.69) is 15.6 Å². The van der Waals surface area contributed by atoms with E-state index in [1.54, 1.807) is 18.4 Å². The number of hydrogen-bond donors (Lipinski definition) is 3. The molecule has 24 heavy (non-hydrogen) atoms. The highest BCUT2D eigenvalue weighted by molar-refractivity contribution is 7.93. The van der Waals surface area contributed by atoms with Crippen molar-refractivity contribution in [3.8, 4) is 0 Å². The normalized spacial score (nSPS) is 14.5. The number of aliphatic imine (C=N–C) groups is 1. The first-order valence-corrected chi connectivity index (χ1v) is 9.70. The lowest BCUT2D eigenvalue weighted by atomic mass is 10.4. The molecule has 1 aromatic rings. The number of alkyl halides is 3. The van der Waals surface area contributed by atoms with Gasteiger partial charge in [-0.1, -0.05) is 6.07 Å². The number of nitrogens with one attached hydrogen (secondary N) is 2. The van der Waals surface area contributed by atoms with Crippen molar-refractivity contribution in [3.63, 3.8) is 0 Å². The number of sulfone groups is 1. The van der Waals surface area contributed by atoms with E-state index in [-0.39, 0.29) is 23.3 Å². The summed E-state index contributed by atoms with van der Waals surface area (Å²) in [5.74, 6) is -0.409. The zero-order valence-electron chi connectivity index (χ0n) is 13.0. The number of halogens is 3. The Balaban J connectivity index is 2.55. The first-order chi connectivity index (χ1) is 11.1. The fourth-order valence-corrected chi connectivity index (χ4v) is 4.16. The molecule has 0 aliphatic carbocycles. The third kappa shape index (κ3) is 7.97. The SMILES string of the molecule is CCNC(=NCC(O)CS(=O)(=O)c1cccs1)NCCC(F)(F)F. The molecule has 138 valence electrons. The first-order valence-electron chi connectivity index (χ1n) is 7.17. The van der Waals surface area contributed by atoms with E-state index in [4.69, 9.17) is 0 Å². The minimum Gasteiger partial charge on any atom is -0.390 e. The third-order valence-electron chi connectivity index (χ3n) is 2.72. The fourth-order valence-electron chi connectivity index (χ4n) is 1.69. The summed E-state index contributed by atoms with van der Waals surface area (Å²) in [5.41, 5.74) is 0. The molecule has 11 heteroatoms. The van der Waals surface area contributed by atoms with Gasteiger partial charge in [0.2, 0.25) is 0 Å². The Morgan fingerprint density at radius 2 is 2.12 bits per heavy atom. The van der Waals surface area contributed by atoms with E-state index in [9.17, 15) is 26.7 Å². The summed E-state index contributed by atoms with van der Waals surface area (Å²) < 4.78 is 60.5. The Bertz CT molecular complexity index is 616. The second-order valence-corrected chi connectivity index (χ2v) is 8.09. The van der Waals surface area contributed by atoms with Crippen LogP contribution in [0.15, 0.2) is 26.7 Å². The number of rotatable bonds is 8. The van der Waals surface area contributed by atoms with Gasteiger partial charge in [-0.05, 0) is 18.4 Å². The van der Waals surface area contributed by atoms with Crippen LogP contribution in [-0.2, 0) is 9.84 Å². The van der Waals surface area contributed by atoms with Gasteiger partial charge in [-0.3, -0.25) is 4.99 Å². The number of nitrogens with zero attached hydrogens (tertiary/aromatic N) is 1. The Kier molecular flexibility index (Phi) is 7.97. The maximum Gasteiger partial charge on any atom is 0.390 e. The predicted molar refractivity (Wildman–Crippen MR) is 87.0 cm³/mol. The highest BCUT2D eigenvalue weighted by Crippen LogP contribution is 2.19. The highest BCUT2D eigenvalue weighted by atomic mass is 32.2. The molecule has 0 aliphatic heterocycles. The molecular weight excluding hydrogens is 367 g/mol. The van der Waals surface area contributed by atoms with Crippen LogP contribution in [0.3, 0.4) is 0 Å². The second kappa shape index (κ2) is 9.23. The Morgan fingerprint density at radius 3 is 2.67 bits per heavy atom. The topological polar surface area (TPSA) is 90.8 Å². The molecule has 0 saturated carbocycles. The fraction of sp³-hybridized carbons (Fsp3) is 0.615. The van der Waals surface area contributed by atoms with E-state index in [0.29, 0.717) is 6.54 Å². The summed E-state index contributed by atoms with van der Waals surface area (Å²) >= 11 is 1.05. The summed E-state index contributed by atoms with van der Waals surface area (Å²) in [7, 11) is -3.60. The Labute approximate surface area is 142 Å². The summed E-state index contributed by atoms with van der Waals surface area (Å²) in [4.78, 5) is 3.91. The van der Waals surface area contributed by atoms with Crippen LogP contribution in [0.5, 0.6) is 0 Å². The molecule has 1 aromatic heterocycles. The van der Waals surface area contributed by atoms with Gasteiger partial charge in [-0.2, -0.15) is 13.2 Å². The van der Waals surface area contributed by atoms with Gasteiger partial charge in [0.15, 0.2) is 15.8 Å². The molecule has 0 radical (unpaired) electrons. The lowest BCUT2D eigenvalue weighted by Gasteiger charge is -2.14. The quantitative estimate of drug-likeness (QED) is 0.463. The average Bonchev–Trinajstić information content (AvgIpc) is 2.98. The zero-order valence-corrected chi connectivity index (χ0v) is 14.6. The smallest absolute Gasteiger partial charge is 0.390 e. The number of guanidine groups is 1. The number of thiophene rings is 1. The molecule has 0 fully saturated rings. The maximum absolute atomic E-state index is 12.1. The maximum atomic E-state index is 12.1. The summed E-state index contributed by atoms with van der Waals surface area (Å²) in [6.07, 6.45) is -6.55. The van der Waals surface area contributed by atoms with Crippen LogP contribution in [0.2, 0.25) is 0 Å². The molecule has 1 unspecified atom stereocenters. The van der Waals surface area contributed by atoms with Gasteiger partial charge >= 0.3 is 6.18 Å². The minimum atomic E-state index is -4.28. The van der Waals surface area contributed by atoms with Crippen LogP contribution in [-0.4, -0.2) is 57.2 Å². The number of aliphatic hydroxyl groups is 1. The lowest BCUT2D eigenvalue weighted by Crippen LogP contribution is -2.39. The molecule has 3 N–H and O–H groups in total. The standard InChI is InChI=1S/C13H20F3N3O3S2/c1-2-17-12(18-6-5-13(14,15)16)19-8-10(20)9-24(21,22)11-4-3-7-23-11/h3-4,7,10,20H,2,5-6,8-9H2,1H3,(H2,17,18,19). The highest BCUT2D eigenvalue weighted by Gasteiger charge is 2.26. The van der Waals surface area contributed by atoms with Crippen LogP contribution in [0.4, 0.5) is 13.2 Å². The van der Waals surface area contributed by atoms with E-state index in [1.165, 1.54) is 6.07 Å². The molecule has 0 aliphatic rings. The second-order valence-electron chi connectivity index (χ2n) is 4.88. The summed E-state index contributed by atoms with van der Waals surface area (Å²) in [5, 5.41) is 16.7. The van der Waals surface area contributed by atoms with Crippen LogP contribution in [0.25, 0.3) is 0 Å². The van der Waals surface area contributed by atoms with Crippen LogP contribution in [0, 0.1) is 0 Å². The Hall–Kier alpha value is -1.33. The molecule has 0 saturated heterocycles. The van der Waals surface area contributed by atoms with Crippen molar-refractivity contribution in [2.24, 2.45) is 4.99 Å². The van der Waals surface area contributed by atoms with Crippen LogP contribution >= 0.6 is 11.3 Å². The van der Waals surface area contributed by atoms with Gasteiger partial charge in [0.05, 0.1) is 24.8 Å². The molecule has 0 amide bonds. The van der Waals surface area contributed by atoms with Crippen molar-refractivity contribution >= 4 is 27.1 Å². The number of hydrogen-bond acceptors (Lipinski definition) is 5. The van der Waals surface area contributed by atoms with Crippen LogP contribution in [0.1, 0.15) is 13.3 Å². The monoisotopic (exact) mass is 387 g/mol. The van der Waals surface area contributed by atoms with Crippen molar-refractivity contribution in [1.29, 1.82) is 0 Å². The molecule has 6 nitrogen and oxygen atoms in total. The first kappa shape index (κ1) is 20.7. The number of aliphatic hydroxyl groups excluding tert-OH is 1. The van der Waals surface area contributed by atoms with Crippen molar-refractivity contribution in [2.45, 2.75) is 29.8 Å². The molecule has 1 atom stereocenters. The van der Waals surface area contributed by atoms with Crippen molar-refractivity contribution in [2.75, 3.05) is 25.4 Å². The van der Waals surface area contributed by atoms with Crippen molar-refractivity contribution in [3.05, 3.63) is 17.5 Å². The van der Waals surface area contributed by atoms with Gasteiger partial charge in [-0.15, -0.1) is 11.3 Å². The lowest BCUT2D eigenvalue weighted by molar-refractivity contribution is -0.132. The van der Waals surface area contributed by atoms with E-state index in [1.807, 2.05) is 0 Å². The molecule has 0 aromatic carbocycles. The van der Waals surface area contributed by atoms with Crippen molar-refractivity contribution < 1.29 is 26.7 Å². The van der Waals surface area contributed by atoms with Gasteiger partial charge in [0.1, 0.15) is 4.21 Å². The summed E-state index contributed by atoms with van der Waals surface area (Å²) in [6.45, 7) is 1.55. The summed E-state index contributed by atoms with van der Waals surface area (Å²) in [6, 6.07) is 3.04. The average molecular weight is 387 g/mol. The van der Waals surface area contributed by atoms with Gasteiger partial charge in [-0.25, -0.2) is 8.42 Å². The van der Waals surface area contributed by atoms with Crippen molar-refractivity contribution in [1.82, 2.24) is 10.6 Å². The largest absolute Gasteiger partial charge is 0.390 e. The molecule has 1 rings (SSSR count). The Morgan fingerprint density at radius 1 is 1.42 bits per heavy atom.